The first kappa shape index (κ1) is 14.1. The predicted molar refractivity (Wildman–Crippen MR) is 66.8 cm³/mol. The summed E-state index contributed by atoms with van der Waals surface area (Å²) >= 11 is 2.97. The SMILES string of the molecule is CC(C)CCC(=O)Nc1c(F)cc(Br)cc1F. The van der Waals surface area contributed by atoms with E-state index >= 15 is 0 Å². The molecule has 0 radical (unpaired) electrons. The van der Waals surface area contributed by atoms with E-state index in [-0.39, 0.29) is 18.0 Å². The van der Waals surface area contributed by atoms with Crippen molar-refractivity contribution in [2.45, 2.75) is 26.7 Å². The van der Waals surface area contributed by atoms with E-state index in [0.717, 1.165) is 12.1 Å². The van der Waals surface area contributed by atoms with E-state index in [0.29, 0.717) is 16.8 Å². The first-order chi connectivity index (χ1) is 7.90. The molecule has 0 fully saturated rings. The van der Waals surface area contributed by atoms with Gasteiger partial charge in [0.2, 0.25) is 5.91 Å². The number of halogens is 3. The third-order valence-corrected chi connectivity index (χ3v) is 2.68. The summed E-state index contributed by atoms with van der Waals surface area (Å²) in [6.45, 7) is 3.96. The highest BCUT2D eigenvalue weighted by molar-refractivity contribution is 9.10. The van der Waals surface area contributed by atoms with Crippen LogP contribution in [0.15, 0.2) is 16.6 Å². The molecule has 2 nitrogen and oxygen atoms in total. The molecule has 0 saturated heterocycles. The number of carbonyl (C=O) groups is 1. The molecule has 1 aromatic carbocycles. The van der Waals surface area contributed by atoms with Gasteiger partial charge >= 0.3 is 0 Å². The Bertz CT molecular complexity index is 398. The van der Waals surface area contributed by atoms with Gasteiger partial charge in [0.05, 0.1) is 0 Å². The van der Waals surface area contributed by atoms with Crippen LogP contribution in [0.2, 0.25) is 0 Å². The van der Waals surface area contributed by atoms with Gasteiger partial charge in [0.25, 0.3) is 0 Å². The van der Waals surface area contributed by atoms with Crippen LogP contribution in [0.1, 0.15) is 26.7 Å². The minimum atomic E-state index is -0.783. The van der Waals surface area contributed by atoms with Gasteiger partial charge in [-0.2, -0.15) is 0 Å². The summed E-state index contributed by atoms with van der Waals surface area (Å²) in [6.07, 6.45) is 0.943. The maximum atomic E-state index is 13.4. The van der Waals surface area contributed by atoms with Gasteiger partial charge in [0, 0.05) is 10.9 Å². The van der Waals surface area contributed by atoms with Crippen LogP contribution in [0, 0.1) is 17.6 Å². The second-order valence-corrected chi connectivity index (χ2v) is 5.14. The van der Waals surface area contributed by atoms with Crippen molar-refractivity contribution in [1.29, 1.82) is 0 Å². The lowest BCUT2D eigenvalue weighted by Crippen LogP contribution is -2.14. The summed E-state index contributed by atoms with van der Waals surface area (Å²) in [5.41, 5.74) is -0.387. The smallest absolute Gasteiger partial charge is 0.224 e. The average molecular weight is 306 g/mol. The first-order valence-electron chi connectivity index (χ1n) is 5.34. The molecule has 0 heterocycles. The zero-order chi connectivity index (χ0) is 13.0. The molecule has 5 heteroatoms. The normalized spacial score (nSPS) is 10.7. The Morgan fingerprint density at radius 3 is 2.35 bits per heavy atom. The van der Waals surface area contributed by atoms with Gasteiger partial charge in [-0.3, -0.25) is 4.79 Å². The average Bonchev–Trinajstić information content (AvgIpc) is 2.20. The van der Waals surface area contributed by atoms with Crippen molar-refractivity contribution in [3.63, 3.8) is 0 Å². The second kappa shape index (κ2) is 6.10. The molecule has 0 aliphatic heterocycles. The first-order valence-corrected chi connectivity index (χ1v) is 6.14. The largest absolute Gasteiger partial charge is 0.321 e. The molecule has 0 spiro atoms. The fourth-order valence-electron chi connectivity index (χ4n) is 1.28. The minimum Gasteiger partial charge on any atom is -0.321 e. The number of benzene rings is 1. The molecule has 17 heavy (non-hydrogen) atoms. The van der Waals surface area contributed by atoms with Gasteiger partial charge in [-0.15, -0.1) is 0 Å². The number of hydrogen-bond donors (Lipinski definition) is 1. The van der Waals surface area contributed by atoms with Gasteiger partial charge in [0.1, 0.15) is 5.69 Å². The lowest BCUT2D eigenvalue weighted by atomic mass is 10.1. The molecule has 94 valence electrons. The van der Waals surface area contributed by atoms with Crippen molar-refractivity contribution in [3.05, 3.63) is 28.2 Å². The van der Waals surface area contributed by atoms with Crippen LogP contribution in [0.3, 0.4) is 0 Å². The van der Waals surface area contributed by atoms with Crippen molar-refractivity contribution in [1.82, 2.24) is 0 Å². The van der Waals surface area contributed by atoms with E-state index in [1.807, 2.05) is 13.8 Å². The van der Waals surface area contributed by atoms with Gasteiger partial charge < -0.3 is 5.32 Å². The summed E-state index contributed by atoms with van der Waals surface area (Å²) < 4.78 is 27.1. The molecule has 1 aromatic rings. The lowest BCUT2D eigenvalue weighted by molar-refractivity contribution is -0.116. The third-order valence-electron chi connectivity index (χ3n) is 2.22. The predicted octanol–water partition coefficient (Wildman–Crippen LogP) is 4.10. The zero-order valence-corrected chi connectivity index (χ0v) is 11.3. The standard InChI is InChI=1S/C12H14BrF2NO/c1-7(2)3-4-11(17)16-12-9(14)5-8(13)6-10(12)15/h5-7H,3-4H2,1-2H3,(H,16,17). The van der Waals surface area contributed by atoms with Crippen molar-refractivity contribution >= 4 is 27.5 Å². The summed E-state index contributed by atoms with van der Waals surface area (Å²) in [4.78, 5) is 11.5. The topological polar surface area (TPSA) is 29.1 Å². The van der Waals surface area contributed by atoms with E-state index in [1.165, 1.54) is 0 Å². The van der Waals surface area contributed by atoms with Crippen LogP contribution in [-0.4, -0.2) is 5.91 Å². The summed E-state index contributed by atoms with van der Waals surface area (Å²) in [5, 5.41) is 2.25. The van der Waals surface area contributed by atoms with Crippen molar-refractivity contribution in [3.8, 4) is 0 Å². The van der Waals surface area contributed by atoms with E-state index < -0.39 is 11.6 Å². The number of hydrogen-bond acceptors (Lipinski definition) is 1. The van der Waals surface area contributed by atoms with Crippen LogP contribution in [0.4, 0.5) is 14.5 Å². The minimum absolute atomic E-state index is 0.257. The Balaban J connectivity index is 2.72. The molecule has 0 bridgehead atoms. The summed E-state index contributed by atoms with van der Waals surface area (Å²) in [5.74, 6) is -1.57. The van der Waals surface area contributed by atoms with Gasteiger partial charge in [-0.05, 0) is 24.5 Å². The number of nitrogens with one attached hydrogen (secondary N) is 1. The molecule has 1 amide bonds. The monoisotopic (exact) mass is 305 g/mol. The second-order valence-electron chi connectivity index (χ2n) is 4.23. The third kappa shape index (κ3) is 4.42. The van der Waals surface area contributed by atoms with Crippen LogP contribution in [-0.2, 0) is 4.79 Å². The van der Waals surface area contributed by atoms with Crippen molar-refractivity contribution in [2.75, 3.05) is 5.32 Å². The zero-order valence-electron chi connectivity index (χ0n) is 9.69. The fourth-order valence-corrected chi connectivity index (χ4v) is 1.69. The van der Waals surface area contributed by atoms with Crippen LogP contribution >= 0.6 is 15.9 Å². The number of anilines is 1. The molecule has 0 atom stereocenters. The Labute approximate surface area is 108 Å². The Morgan fingerprint density at radius 2 is 1.88 bits per heavy atom. The summed E-state index contributed by atoms with van der Waals surface area (Å²) in [6, 6.07) is 2.22. The van der Waals surface area contributed by atoms with Gasteiger partial charge in [-0.1, -0.05) is 29.8 Å². The van der Waals surface area contributed by atoms with Crippen molar-refractivity contribution < 1.29 is 13.6 Å². The van der Waals surface area contributed by atoms with Gasteiger partial charge in [0.15, 0.2) is 11.6 Å². The van der Waals surface area contributed by atoms with Gasteiger partial charge in [-0.25, -0.2) is 8.78 Å². The highest BCUT2D eigenvalue weighted by Gasteiger charge is 2.13. The van der Waals surface area contributed by atoms with E-state index in [2.05, 4.69) is 21.2 Å². The molecule has 0 aliphatic carbocycles. The molecular weight excluding hydrogens is 292 g/mol. The highest BCUT2D eigenvalue weighted by atomic mass is 79.9. The molecule has 0 unspecified atom stereocenters. The van der Waals surface area contributed by atoms with Crippen LogP contribution in [0.5, 0.6) is 0 Å². The van der Waals surface area contributed by atoms with E-state index in [9.17, 15) is 13.6 Å². The quantitative estimate of drug-likeness (QED) is 0.891. The number of carbonyl (C=O) groups excluding carboxylic acids is 1. The van der Waals surface area contributed by atoms with E-state index in [4.69, 9.17) is 0 Å². The Morgan fingerprint density at radius 1 is 1.35 bits per heavy atom. The highest BCUT2D eigenvalue weighted by Crippen LogP contribution is 2.24. The molecule has 0 aliphatic rings. The molecular formula is C12H14BrF2NO. The van der Waals surface area contributed by atoms with Crippen LogP contribution in [0.25, 0.3) is 0 Å². The van der Waals surface area contributed by atoms with Crippen LogP contribution < -0.4 is 5.32 Å². The maximum Gasteiger partial charge on any atom is 0.224 e. The Kier molecular flexibility index (Phi) is 5.05. The Hall–Kier alpha value is -0.970. The molecule has 0 aromatic heterocycles. The lowest BCUT2D eigenvalue weighted by Gasteiger charge is -2.09. The maximum absolute atomic E-state index is 13.4. The van der Waals surface area contributed by atoms with Crippen molar-refractivity contribution in [2.24, 2.45) is 5.92 Å². The van der Waals surface area contributed by atoms with E-state index in [1.54, 1.807) is 0 Å². The number of amides is 1. The molecule has 1 N–H and O–H groups in total. The fraction of sp³-hybridized carbons (Fsp3) is 0.417. The number of rotatable bonds is 4. The molecule has 1 rings (SSSR count). The summed E-state index contributed by atoms with van der Waals surface area (Å²) in [7, 11) is 0. The molecule has 0 saturated carbocycles.